The molecule has 0 bridgehead atoms. The summed E-state index contributed by atoms with van der Waals surface area (Å²) >= 11 is 5.46. The highest BCUT2D eigenvalue weighted by Gasteiger charge is 2.30. The molecule has 3 aromatic rings. The fraction of sp³-hybridized carbons (Fsp3) is 0.385. The number of ether oxygens (including phenoxy) is 2. The van der Waals surface area contributed by atoms with Gasteiger partial charge < -0.3 is 20.1 Å². The molecule has 3 rings (SSSR count). The van der Waals surface area contributed by atoms with Gasteiger partial charge in [-0.1, -0.05) is 18.2 Å². The van der Waals surface area contributed by atoms with Crippen molar-refractivity contribution in [3.05, 3.63) is 70.5 Å². The lowest BCUT2D eigenvalue weighted by molar-refractivity contribution is -0.137. The smallest absolute Gasteiger partial charge is 0.416 e. The first kappa shape index (κ1) is 27.3. The molecular weight excluding hydrogens is 489 g/mol. The third-order valence-corrected chi connectivity index (χ3v) is 5.76. The summed E-state index contributed by atoms with van der Waals surface area (Å²) in [5.41, 5.74) is 3.15. The zero-order chi connectivity index (χ0) is 26.3. The largest absolute Gasteiger partial charge is 0.490 e. The molecule has 0 amide bonds. The van der Waals surface area contributed by atoms with Crippen molar-refractivity contribution in [3.63, 3.8) is 0 Å². The highest BCUT2D eigenvalue weighted by Crippen LogP contribution is 2.30. The third kappa shape index (κ3) is 7.13. The van der Waals surface area contributed by atoms with Gasteiger partial charge in [0.15, 0.2) is 16.6 Å². The normalized spacial score (nSPS) is 11.3. The van der Waals surface area contributed by atoms with Gasteiger partial charge in [-0.15, -0.1) is 0 Å². The molecule has 0 unspecified atom stereocenters. The van der Waals surface area contributed by atoms with Gasteiger partial charge in [-0.3, -0.25) is 4.68 Å². The summed E-state index contributed by atoms with van der Waals surface area (Å²) in [4.78, 5) is 0. The van der Waals surface area contributed by atoms with Crippen molar-refractivity contribution in [2.75, 3.05) is 25.1 Å². The topological polar surface area (TPSA) is 60.3 Å². The van der Waals surface area contributed by atoms with Gasteiger partial charge in [0.1, 0.15) is 0 Å². The Balaban J connectivity index is 1.60. The zero-order valence-corrected chi connectivity index (χ0v) is 21.6. The zero-order valence-electron chi connectivity index (χ0n) is 20.8. The molecule has 0 fully saturated rings. The first-order valence-electron chi connectivity index (χ1n) is 11.8. The van der Waals surface area contributed by atoms with E-state index in [1.54, 1.807) is 10.7 Å². The van der Waals surface area contributed by atoms with E-state index in [1.165, 1.54) is 6.07 Å². The second kappa shape index (κ2) is 12.1. The van der Waals surface area contributed by atoms with E-state index in [-0.39, 0.29) is 6.54 Å². The molecular formula is C26H31F3N4O2S. The third-order valence-electron chi connectivity index (χ3n) is 5.51. The maximum absolute atomic E-state index is 13.0. The van der Waals surface area contributed by atoms with Crippen LogP contribution in [0, 0.1) is 13.8 Å². The molecule has 0 aliphatic heterocycles. The number of anilines is 1. The van der Waals surface area contributed by atoms with Gasteiger partial charge in [0.2, 0.25) is 0 Å². The van der Waals surface area contributed by atoms with E-state index in [0.29, 0.717) is 36.1 Å². The number of alkyl halides is 3. The average molecular weight is 521 g/mol. The van der Waals surface area contributed by atoms with Crippen LogP contribution in [-0.2, 0) is 19.1 Å². The Bertz CT molecular complexity index is 1190. The summed E-state index contributed by atoms with van der Waals surface area (Å²) in [6, 6.07) is 11.1. The summed E-state index contributed by atoms with van der Waals surface area (Å²) in [6.45, 7) is 9.48. The van der Waals surface area contributed by atoms with Gasteiger partial charge in [0.25, 0.3) is 0 Å². The maximum atomic E-state index is 13.0. The maximum Gasteiger partial charge on any atom is 0.416 e. The molecule has 1 heterocycles. The lowest BCUT2D eigenvalue weighted by Crippen LogP contribution is -2.30. The van der Waals surface area contributed by atoms with Crippen LogP contribution in [0.1, 0.15) is 41.9 Å². The summed E-state index contributed by atoms with van der Waals surface area (Å²) in [7, 11) is 0. The van der Waals surface area contributed by atoms with Crippen molar-refractivity contribution in [1.82, 2.24) is 15.1 Å². The van der Waals surface area contributed by atoms with E-state index >= 15 is 0 Å². The monoisotopic (exact) mass is 520 g/mol. The summed E-state index contributed by atoms with van der Waals surface area (Å²) in [5.74, 6) is 1.44. The van der Waals surface area contributed by atoms with Gasteiger partial charge in [-0.25, -0.2) is 0 Å². The molecule has 2 N–H and O–H groups in total. The van der Waals surface area contributed by atoms with E-state index in [1.807, 2.05) is 45.9 Å². The standard InChI is InChI=1S/C26H31F3N4O2S/c1-5-34-22-11-10-19(15-23(22)35-6-2)12-13-30-25(36)31-24-17(3)32-33(18(24)4)16-20-8-7-9-21(14-20)26(27,28)29/h7-11,14-15H,5-6,12-13,16H2,1-4H3,(H2,30,31,36). The number of nitrogens with zero attached hydrogens (tertiary/aromatic N) is 2. The molecule has 0 atom stereocenters. The Hall–Kier alpha value is -3.27. The molecule has 0 aliphatic carbocycles. The van der Waals surface area contributed by atoms with Gasteiger partial charge in [0, 0.05) is 6.54 Å². The van der Waals surface area contributed by atoms with Crippen molar-refractivity contribution in [2.45, 2.75) is 46.8 Å². The molecule has 10 heteroatoms. The van der Waals surface area contributed by atoms with Gasteiger partial charge in [-0.2, -0.15) is 18.3 Å². The SMILES string of the molecule is CCOc1ccc(CCNC(=S)Nc2c(C)nn(Cc3cccc(C(F)(F)F)c3)c2C)cc1OCC. The first-order chi connectivity index (χ1) is 17.1. The Morgan fingerprint density at radius 2 is 1.72 bits per heavy atom. The lowest BCUT2D eigenvalue weighted by Gasteiger charge is -2.14. The summed E-state index contributed by atoms with van der Waals surface area (Å²) in [6.07, 6.45) is -3.66. The number of thiocarbonyl (C=S) groups is 1. The van der Waals surface area contributed by atoms with E-state index < -0.39 is 11.7 Å². The molecule has 36 heavy (non-hydrogen) atoms. The Kier molecular flexibility index (Phi) is 9.19. The first-order valence-corrected chi connectivity index (χ1v) is 12.2. The predicted octanol–water partition coefficient (Wildman–Crippen LogP) is 5.89. The van der Waals surface area contributed by atoms with E-state index in [9.17, 15) is 13.2 Å². The summed E-state index contributed by atoms with van der Waals surface area (Å²) < 4.78 is 52.1. The Morgan fingerprint density at radius 3 is 2.42 bits per heavy atom. The molecule has 0 radical (unpaired) electrons. The van der Waals surface area contributed by atoms with E-state index in [0.717, 1.165) is 47.0 Å². The van der Waals surface area contributed by atoms with Crippen molar-refractivity contribution in [3.8, 4) is 11.5 Å². The fourth-order valence-electron chi connectivity index (χ4n) is 3.78. The van der Waals surface area contributed by atoms with Crippen molar-refractivity contribution in [2.24, 2.45) is 0 Å². The molecule has 2 aromatic carbocycles. The van der Waals surface area contributed by atoms with Crippen molar-refractivity contribution >= 4 is 23.0 Å². The number of rotatable bonds is 10. The minimum Gasteiger partial charge on any atom is -0.490 e. The van der Waals surface area contributed by atoms with Crippen LogP contribution in [0.2, 0.25) is 0 Å². The van der Waals surface area contributed by atoms with Crippen LogP contribution >= 0.6 is 12.2 Å². The second-order valence-electron chi connectivity index (χ2n) is 8.18. The summed E-state index contributed by atoms with van der Waals surface area (Å²) in [5, 5.41) is 11.3. The van der Waals surface area contributed by atoms with Gasteiger partial charge in [0.05, 0.1) is 42.4 Å². The van der Waals surface area contributed by atoms with Crippen LogP contribution in [0.15, 0.2) is 42.5 Å². The Morgan fingerprint density at radius 1 is 1.00 bits per heavy atom. The molecule has 0 aliphatic rings. The number of benzene rings is 2. The number of aryl methyl sites for hydroxylation is 1. The number of hydrogen-bond acceptors (Lipinski definition) is 4. The van der Waals surface area contributed by atoms with Crippen LogP contribution in [0.25, 0.3) is 0 Å². The Labute approximate surface area is 214 Å². The minimum absolute atomic E-state index is 0.221. The highest BCUT2D eigenvalue weighted by molar-refractivity contribution is 7.80. The van der Waals surface area contributed by atoms with Gasteiger partial charge in [-0.05, 0) is 81.7 Å². The van der Waals surface area contributed by atoms with Crippen LogP contribution in [0.5, 0.6) is 11.5 Å². The van der Waals surface area contributed by atoms with E-state index in [2.05, 4.69) is 15.7 Å². The van der Waals surface area contributed by atoms with Crippen molar-refractivity contribution < 1.29 is 22.6 Å². The van der Waals surface area contributed by atoms with Crippen LogP contribution in [0.3, 0.4) is 0 Å². The molecule has 6 nitrogen and oxygen atoms in total. The van der Waals surface area contributed by atoms with Crippen LogP contribution in [-0.4, -0.2) is 34.7 Å². The van der Waals surface area contributed by atoms with Crippen LogP contribution in [0.4, 0.5) is 18.9 Å². The molecule has 0 saturated heterocycles. The molecule has 0 spiro atoms. The van der Waals surface area contributed by atoms with E-state index in [4.69, 9.17) is 21.7 Å². The quantitative estimate of drug-likeness (QED) is 0.325. The predicted molar refractivity (Wildman–Crippen MR) is 139 cm³/mol. The number of hydrogen-bond donors (Lipinski definition) is 2. The highest BCUT2D eigenvalue weighted by atomic mass is 32.1. The second-order valence-corrected chi connectivity index (χ2v) is 8.59. The minimum atomic E-state index is -4.38. The molecule has 194 valence electrons. The van der Waals surface area contributed by atoms with Crippen LogP contribution < -0.4 is 20.1 Å². The number of aromatic nitrogens is 2. The fourth-order valence-corrected chi connectivity index (χ4v) is 3.98. The molecule has 0 saturated carbocycles. The van der Waals surface area contributed by atoms with Crippen molar-refractivity contribution in [1.29, 1.82) is 0 Å². The number of halogens is 3. The number of nitrogens with one attached hydrogen (secondary N) is 2. The molecule has 1 aromatic heterocycles. The average Bonchev–Trinajstić information content (AvgIpc) is 3.08. The van der Waals surface area contributed by atoms with Gasteiger partial charge >= 0.3 is 6.18 Å². The lowest BCUT2D eigenvalue weighted by atomic mass is 10.1.